The minimum atomic E-state index is -0.326. The Morgan fingerprint density at radius 2 is 2.05 bits per heavy atom. The van der Waals surface area contributed by atoms with Crippen LogP contribution in [0.3, 0.4) is 0 Å². The summed E-state index contributed by atoms with van der Waals surface area (Å²) in [4.78, 5) is 30.0. The van der Waals surface area contributed by atoms with Gasteiger partial charge in [0.1, 0.15) is 0 Å². The Morgan fingerprint density at radius 3 is 2.90 bits per heavy atom. The van der Waals surface area contributed by atoms with Crippen LogP contribution >= 0.6 is 0 Å². The Morgan fingerprint density at radius 1 is 1.15 bits per heavy atom. The molecule has 2 N–H and O–H groups in total. The van der Waals surface area contributed by atoms with Crippen LogP contribution in [0.15, 0.2) is 59.7 Å². The molecule has 98 valence electrons. The fourth-order valence-corrected chi connectivity index (χ4v) is 1.99. The zero-order chi connectivity index (χ0) is 13.9. The fraction of sp³-hybridized carbons (Fsp3) is 0. The lowest BCUT2D eigenvalue weighted by atomic mass is 10.1. The number of nitrogens with one attached hydrogen (secondary N) is 2. The summed E-state index contributed by atoms with van der Waals surface area (Å²) in [6, 6.07) is 12.0. The van der Waals surface area contributed by atoms with Gasteiger partial charge in [-0.25, -0.2) is 0 Å². The zero-order valence-electron chi connectivity index (χ0n) is 10.5. The number of nitrogens with zero attached hydrogens (tertiary/aromatic N) is 1. The van der Waals surface area contributed by atoms with Crippen molar-refractivity contribution in [3.63, 3.8) is 0 Å². The predicted octanol–water partition coefficient (Wildman–Crippen LogP) is 2.18. The van der Waals surface area contributed by atoms with E-state index >= 15 is 0 Å². The Labute approximate surface area is 114 Å². The molecule has 3 rings (SSSR count). The standard InChI is InChI=1S/C15H11N3O2/c19-14-9-10(6-8-17-14)15(20)18-13-5-1-4-12-11(13)3-2-7-16-12/h1-9H,(H,17,19)(H,18,20). The largest absolute Gasteiger partial charge is 0.329 e. The van der Waals surface area contributed by atoms with E-state index in [9.17, 15) is 9.59 Å². The third-order valence-electron chi connectivity index (χ3n) is 2.93. The number of benzene rings is 1. The van der Waals surface area contributed by atoms with Crippen molar-refractivity contribution in [3.8, 4) is 0 Å². The minimum absolute atomic E-state index is 0.308. The van der Waals surface area contributed by atoms with Crippen LogP contribution in [0, 0.1) is 0 Å². The normalized spacial score (nSPS) is 10.4. The second kappa shape index (κ2) is 4.97. The maximum absolute atomic E-state index is 12.1. The molecule has 1 amide bonds. The van der Waals surface area contributed by atoms with Gasteiger partial charge in [-0.3, -0.25) is 14.6 Å². The summed E-state index contributed by atoms with van der Waals surface area (Å²) in [5.41, 5.74) is 1.48. The second-order valence-electron chi connectivity index (χ2n) is 4.27. The van der Waals surface area contributed by atoms with Gasteiger partial charge in [0.2, 0.25) is 5.56 Å². The molecule has 0 unspecified atom stereocenters. The van der Waals surface area contributed by atoms with Crippen LogP contribution in [0.1, 0.15) is 10.4 Å². The van der Waals surface area contributed by atoms with Crippen molar-refractivity contribution in [3.05, 3.63) is 70.8 Å². The highest BCUT2D eigenvalue weighted by Crippen LogP contribution is 2.21. The van der Waals surface area contributed by atoms with Crippen molar-refractivity contribution >= 4 is 22.5 Å². The van der Waals surface area contributed by atoms with Crippen molar-refractivity contribution in [2.75, 3.05) is 5.32 Å². The molecule has 0 aliphatic heterocycles. The number of hydrogen-bond donors (Lipinski definition) is 2. The topological polar surface area (TPSA) is 74.8 Å². The van der Waals surface area contributed by atoms with E-state index in [2.05, 4.69) is 15.3 Å². The molecule has 0 saturated heterocycles. The number of pyridine rings is 2. The van der Waals surface area contributed by atoms with Gasteiger partial charge >= 0.3 is 0 Å². The lowest BCUT2D eigenvalue weighted by Crippen LogP contribution is -2.15. The number of rotatable bonds is 2. The molecule has 0 saturated carbocycles. The summed E-state index contributed by atoms with van der Waals surface area (Å²) in [6.07, 6.45) is 3.15. The fourth-order valence-electron chi connectivity index (χ4n) is 1.99. The van der Waals surface area contributed by atoms with Crippen molar-refractivity contribution in [2.24, 2.45) is 0 Å². The van der Waals surface area contributed by atoms with Gasteiger partial charge in [0, 0.05) is 29.4 Å². The summed E-state index contributed by atoms with van der Waals surface area (Å²) in [7, 11) is 0. The lowest BCUT2D eigenvalue weighted by Gasteiger charge is -2.07. The van der Waals surface area contributed by atoms with E-state index in [0.29, 0.717) is 11.3 Å². The van der Waals surface area contributed by atoms with Gasteiger partial charge in [0.15, 0.2) is 0 Å². The smallest absolute Gasteiger partial charge is 0.255 e. The molecule has 0 bridgehead atoms. The van der Waals surface area contributed by atoms with Crippen molar-refractivity contribution in [2.45, 2.75) is 0 Å². The summed E-state index contributed by atoms with van der Waals surface area (Å²) in [6.45, 7) is 0. The van der Waals surface area contributed by atoms with Gasteiger partial charge < -0.3 is 10.3 Å². The summed E-state index contributed by atoms with van der Waals surface area (Å²) >= 11 is 0. The lowest BCUT2D eigenvalue weighted by molar-refractivity contribution is 0.102. The number of carbonyl (C=O) groups is 1. The van der Waals surface area contributed by atoms with E-state index in [-0.39, 0.29) is 11.5 Å². The summed E-state index contributed by atoms with van der Waals surface area (Å²) < 4.78 is 0. The number of hydrogen-bond acceptors (Lipinski definition) is 3. The molecule has 20 heavy (non-hydrogen) atoms. The molecule has 3 aromatic rings. The summed E-state index contributed by atoms with van der Waals surface area (Å²) in [5, 5.41) is 3.65. The van der Waals surface area contributed by atoms with Crippen molar-refractivity contribution in [1.82, 2.24) is 9.97 Å². The molecule has 0 radical (unpaired) electrons. The highest BCUT2D eigenvalue weighted by Gasteiger charge is 2.08. The highest BCUT2D eigenvalue weighted by atomic mass is 16.2. The molecule has 0 fully saturated rings. The zero-order valence-corrected chi connectivity index (χ0v) is 10.5. The molecule has 5 nitrogen and oxygen atoms in total. The summed E-state index contributed by atoms with van der Waals surface area (Å²) in [5.74, 6) is -0.326. The third kappa shape index (κ3) is 2.29. The number of fused-ring (bicyclic) bond motifs is 1. The maximum Gasteiger partial charge on any atom is 0.255 e. The molecular formula is C15H11N3O2. The van der Waals surface area contributed by atoms with E-state index in [0.717, 1.165) is 10.9 Å². The van der Waals surface area contributed by atoms with Crippen LogP contribution in [0.25, 0.3) is 10.9 Å². The first-order valence-electron chi connectivity index (χ1n) is 6.08. The second-order valence-corrected chi connectivity index (χ2v) is 4.27. The molecule has 0 spiro atoms. The van der Waals surface area contributed by atoms with Crippen LogP contribution in [0.2, 0.25) is 0 Å². The average molecular weight is 265 g/mol. The first-order valence-corrected chi connectivity index (χ1v) is 6.08. The number of amides is 1. The Bertz CT molecular complexity index is 834. The molecule has 2 heterocycles. The monoisotopic (exact) mass is 265 g/mol. The van der Waals surface area contributed by atoms with E-state index in [1.54, 1.807) is 18.3 Å². The van der Waals surface area contributed by atoms with Crippen LogP contribution < -0.4 is 10.9 Å². The van der Waals surface area contributed by atoms with E-state index < -0.39 is 0 Å². The van der Waals surface area contributed by atoms with E-state index in [1.807, 2.05) is 24.3 Å². The van der Waals surface area contributed by atoms with E-state index in [1.165, 1.54) is 12.3 Å². The van der Waals surface area contributed by atoms with Crippen molar-refractivity contribution < 1.29 is 4.79 Å². The van der Waals surface area contributed by atoms with Gasteiger partial charge in [-0.1, -0.05) is 6.07 Å². The molecule has 2 aromatic heterocycles. The predicted molar refractivity (Wildman–Crippen MR) is 76.8 cm³/mol. The van der Waals surface area contributed by atoms with Crippen molar-refractivity contribution in [1.29, 1.82) is 0 Å². The molecule has 5 heteroatoms. The number of anilines is 1. The quantitative estimate of drug-likeness (QED) is 0.745. The van der Waals surface area contributed by atoms with Crippen LogP contribution in [0.4, 0.5) is 5.69 Å². The van der Waals surface area contributed by atoms with E-state index in [4.69, 9.17) is 0 Å². The molecule has 0 aliphatic carbocycles. The average Bonchev–Trinajstić information content (AvgIpc) is 2.47. The van der Waals surface area contributed by atoms with Gasteiger partial charge in [0.05, 0.1) is 11.2 Å². The SMILES string of the molecule is O=C(Nc1cccc2ncccc12)c1cc[nH]c(=O)c1. The Balaban J connectivity index is 1.97. The molecule has 0 atom stereocenters. The number of aromatic amines is 1. The molecule has 1 aromatic carbocycles. The number of aromatic nitrogens is 2. The van der Waals surface area contributed by atoms with Gasteiger partial charge in [-0.05, 0) is 30.3 Å². The molecular weight excluding hydrogens is 254 g/mol. The first kappa shape index (κ1) is 12.1. The molecule has 0 aliphatic rings. The third-order valence-corrected chi connectivity index (χ3v) is 2.93. The maximum atomic E-state index is 12.1. The number of H-pyrrole nitrogens is 1. The Hall–Kier alpha value is -2.95. The van der Waals surface area contributed by atoms with Gasteiger partial charge in [-0.15, -0.1) is 0 Å². The van der Waals surface area contributed by atoms with Gasteiger partial charge in [0.25, 0.3) is 5.91 Å². The van der Waals surface area contributed by atoms with Crippen LogP contribution in [0.5, 0.6) is 0 Å². The number of carbonyl (C=O) groups excluding carboxylic acids is 1. The first-order chi connectivity index (χ1) is 9.74. The van der Waals surface area contributed by atoms with Crippen LogP contribution in [-0.2, 0) is 0 Å². The Kier molecular flexibility index (Phi) is 3.01. The van der Waals surface area contributed by atoms with Crippen LogP contribution in [-0.4, -0.2) is 15.9 Å². The minimum Gasteiger partial charge on any atom is -0.329 e. The highest BCUT2D eigenvalue weighted by molar-refractivity contribution is 6.08. The van der Waals surface area contributed by atoms with Gasteiger partial charge in [-0.2, -0.15) is 0 Å².